The molecule has 1 aromatic heterocycles. The van der Waals surface area contributed by atoms with E-state index in [0.717, 1.165) is 48.7 Å². The largest absolute Gasteiger partial charge is 0.495 e. The van der Waals surface area contributed by atoms with Crippen LogP contribution in [0.3, 0.4) is 0 Å². The van der Waals surface area contributed by atoms with E-state index >= 15 is 0 Å². The number of hydrogen-bond donors (Lipinski definition) is 1. The van der Waals surface area contributed by atoms with E-state index in [-0.39, 0.29) is 11.2 Å². The average molecular weight is 422 g/mol. The van der Waals surface area contributed by atoms with Crippen molar-refractivity contribution < 1.29 is 18.8 Å². The van der Waals surface area contributed by atoms with E-state index in [1.807, 2.05) is 49.4 Å². The van der Waals surface area contributed by atoms with Gasteiger partial charge in [0, 0.05) is 6.07 Å². The van der Waals surface area contributed by atoms with Crippen LogP contribution >= 0.6 is 0 Å². The van der Waals surface area contributed by atoms with E-state index in [1.165, 1.54) is 11.2 Å². The van der Waals surface area contributed by atoms with Crippen LogP contribution in [0.5, 0.6) is 11.5 Å². The van der Waals surface area contributed by atoms with Crippen LogP contribution in [0.25, 0.3) is 0 Å². The zero-order valence-corrected chi connectivity index (χ0v) is 18.1. The predicted octanol–water partition coefficient (Wildman–Crippen LogP) is 2.44. The first-order valence-corrected chi connectivity index (χ1v) is 10.6. The van der Waals surface area contributed by atoms with Crippen molar-refractivity contribution in [3.05, 3.63) is 88.0 Å². The van der Waals surface area contributed by atoms with Crippen molar-refractivity contribution in [1.82, 2.24) is 0 Å². The summed E-state index contributed by atoms with van der Waals surface area (Å²) < 4.78 is 16.9. The fourth-order valence-electron chi connectivity index (χ4n) is 3.94. The molecule has 1 fully saturated rings. The second-order valence-corrected chi connectivity index (χ2v) is 7.88. The lowest BCUT2D eigenvalue weighted by atomic mass is 10.1. The fraction of sp³-hybridized carbons (Fsp3) is 0.320. The second-order valence-electron chi connectivity index (χ2n) is 7.88. The Balaban J connectivity index is 1.33. The molecule has 31 heavy (non-hydrogen) atoms. The third-order valence-corrected chi connectivity index (χ3v) is 5.82. The normalized spacial score (nSPS) is 14.5. The lowest BCUT2D eigenvalue weighted by molar-refractivity contribution is -0.915. The van der Waals surface area contributed by atoms with Gasteiger partial charge >= 0.3 is 0 Å². The number of methoxy groups -OCH3 is 1. The van der Waals surface area contributed by atoms with Gasteiger partial charge < -0.3 is 23.7 Å². The number of para-hydroxylation sites is 2. The number of piperazine rings is 1. The molecule has 6 heteroatoms. The summed E-state index contributed by atoms with van der Waals surface area (Å²) in [5, 5.41) is 0. The first kappa shape index (κ1) is 21.0. The summed E-state index contributed by atoms with van der Waals surface area (Å²) in [5.74, 6) is 1.84. The number of nitrogens with one attached hydrogen (secondary N) is 1. The Morgan fingerprint density at radius 3 is 2.52 bits per heavy atom. The van der Waals surface area contributed by atoms with Gasteiger partial charge in [-0.3, -0.25) is 4.79 Å². The number of anilines is 1. The van der Waals surface area contributed by atoms with E-state index in [1.54, 1.807) is 13.2 Å². The quantitative estimate of drug-likeness (QED) is 0.635. The van der Waals surface area contributed by atoms with Gasteiger partial charge in [-0.05, 0) is 30.2 Å². The highest BCUT2D eigenvalue weighted by Gasteiger charge is 2.23. The summed E-state index contributed by atoms with van der Waals surface area (Å²) in [4.78, 5) is 16.2. The van der Waals surface area contributed by atoms with Crippen molar-refractivity contribution in [2.75, 3.05) is 38.2 Å². The lowest BCUT2D eigenvalue weighted by Gasteiger charge is -2.34. The molecule has 0 bridgehead atoms. The van der Waals surface area contributed by atoms with Crippen LogP contribution in [0.1, 0.15) is 16.9 Å². The van der Waals surface area contributed by atoms with Crippen molar-refractivity contribution in [3.8, 4) is 11.5 Å². The Morgan fingerprint density at radius 1 is 1.03 bits per heavy atom. The summed E-state index contributed by atoms with van der Waals surface area (Å²) in [7, 11) is 1.71. The van der Waals surface area contributed by atoms with Crippen LogP contribution in [0.4, 0.5) is 5.69 Å². The van der Waals surface area contributed by atoms with Crippen molar-refractivity contribution in [2.24, 2.45) is 0 Å². The summed E-state index contributed by atoms with van der Waals surface area (Å²) in [5.41, 5.74) is 3.19. The molecule has 2 aromatic carbocycles. The van der Waals surface area contributed by atoms with Crippen LogP contribution in [0.2, 0.25) is 0 Å². The molecule has 6 nitrogen and oxygen atoms in total. The van der Waals surface area contributed by atoms with Crippen molar-refractivity contribution in [2.45, 2.75) is 20.1 Å². The number of rotatable bonds is 7. The van der Waals surface area contributed by atoms with Gasteiger partial charge in [-0.25, -0.2) is 0 Å². The van der Waals surface area contributed by atoms with Crippen molar-refractivity contribution in [1.29, 1.82) is 0 Å². The second kappa shape index (κ2) is 9.71. The number of hydrogen-bond acceptors (Lipinski definition) is 5. The molecule has 0 unspecified atom stereocenters. The zero-order valence-electron chi connectivity index (χ0n) is 18.1. The van der Waals surface area contributed by atoms with Gasteiger partial charge in [0.1, 0.15) is 25.2 Å². The fourth-order valence-corrected chi connectivity index (χ4v) is 3.94. The van der Waals surface area contributed by atoms with Crippen molar-refractivity contribution >= 4 is 5.69 Å². The number of nitrogens with zero attached hydrogens (tertiary/aromatic N) is 1. The third-order valence-electron chi connectivity index (χ3n) is 5.82. The Labute approximate surface area is 182 Å². The van der Waals surface area contributed by atoms with Crippen molar-refractivity contribution in [3.63, 3.8) is 0 Å². The van der Waals surface area contributed by atoms with Crippen LogP contribution in [-0.4, -0.2) is 33.3 Å². The topological polar surface area (TPSA) is 56.4 Å². The number of ether oxygens (including phenoxy) is 2. The van der Waals surface area contributed by atoms with Gasteiger partial charge in [0.25, 0.3) is 0 Å². The number of benzene rings is 2. The summed E-state index contributed by atoms with van der Waals surface area (Å²) in [6, 6.07) is 17.7. The molecular formula is C25H29N2O4+. The molecule has 2 heterocycles. The Kier molecular flexibility index (Phi) is 6.57. The Bertz CT molecular complexity index is 1070. The number of quaternary nitrogens is 1. The Morgan fingerprint density at radius 2 is 1.77 bits per heavy atom. The standard InChI is InChI=1S/C25H28N2O4/c1-19-7-3-4-8-20(19)17-31-25-18-30-21(15-23(25)28)16-26-11-13-27(14-12-26)22-9-5-6-10-24(22)29-2/h3-10,15,18H,11-14,16-17H2,1-2H3/p+1. The van der Waals surface area contributed by atoms with E-state index in [9.17, 15) is 4.79 Å². The molecule has 162 valence electrons. The molecule has 4 rings (SSSR count). The predicted molar refractivity (Wildman–Crippen MR) is 120 cm³/mol. The van der Waals surface area contributed by atoms with Crippen LogP contribution < -0.4 is 24.7 Å². The van der Waals surface area contributed by atoms with E-state index < -0.39 is 0 Å². The van der Waals surface area contributed by atoms with Gasteiger partial charge in [0.15, 0.2) is 5.76 Å². The van der Waals surface area contributed by atoms with E-state index in [0.29, 0.717) is 18.9 Å². The Hall–Kier alpha value is -3.25. The average Bonchev–Trinajstić information content (AvgIpc) is 2.80. The van der Waals surface area contributed by atoms with Gasteiger partial charge in [-0.2, -0.15) is 0 Å². The summed E-state index contributed by atoms with van der Waals surface area (Å²) in [6.07, 6.45) is 1.44. The highest BCUT2D eigenvalue weighted by Crippen LogP contribution is 2.27. The molecule has 0 amide bonds. The summed E-state index contributed by atoms with van der Waals surface area (Å²) >= 11 is 0. The first-order chi connectivity index (χ1) is 15.1. The van der Waals surface area contributed by atoms with Gasteiger partial charge in [-0.15, -0.1) is 0 Å². The smallest absolute Gasteiger partial charge is 0.227 e. The lowest BCUT2D eigenvalue weighted by Crippen LogP contribution is -3.13. The van der Waals surface area contributed by atoms with E-state index in [4.69, 9.17) is 13.9 Å². The van der Waals surface area contributed by atoms with Gasteiger partial charge in [0.2, 0.25) is 11.2 Å². The third kappa shape index (κ3) is 5.09. The first-order valence-electron chi connectivity index (χ1n) is 10.6. The minimum Gasteiger partial charge on any atom is -0.495 e. The molecule has 0 radical (unpaired) electrons. The molecule has 0 aliphatic carbocycles. The maximum absolute atomic E-state index is 12.5. The SMILES string of the molecule is COc1ccccc1N1CC[NH+](Cc2cc(=O)c(OCc3ccccc3C)co2)CC1. The minimum absolute atomic E-state index is 0.137. The molecule has 3 aromatic rings. The maximum Gasteiger partial charge on any atom is 0.227 e. The van der Waals surface area contributed by atoms with Gasteiger partial charge in [0.05, 0.1) is 39.0 Å². The van der Waals surface area contributed by atoms with Crippen LogP contribution in [0, 0.1) is 6.92 Å². The highest BCUT2D eigenvalue weighted by molar-refractivity contribution is 5.58. The molecule has 0 saturated carbocycles. The molecule has 1 aliphatic rings. The summed E-state index contributed by atoms with van der Waals surface area (Å²) in [6.45, 7) is 6.86. The molecule has 1 aliphatic heterocycles. The molecule has 1 saturated heterocycles. The van der Waals surface area contributed by atoms with Crippen LogP contribution in [-0.2, 0) is 13.2 Å². The van der Waals surface area contributed by atoms with Gasteiger partial charge in [-0.1, -0.05) is 36.4 Å². The number of aryl methyl sites for hydroxylation is 1. The minimum atomic E-state index is -0.137. The molecule has 1 N–H and O–H groups in total. The maximum atomic E-state index is 12.5. The van der Waals surface area contributed by atoms with E-state index in [2.05, 4.69) is 11.0 Å². The molecular weight excluding hydrogens is 392 g/mol. The zero-order chi connectivity index (χ0) is 21.6. The van der Waals surface area contributed by atoms with Crippen LogP contribution in [0.15, 0.2) is 70.1 Å². The molecule has 0 spiro atoms. The highest BCUT2D eigenvalue weighted by atomic mass is 16.5. The molecule has 0 atom stereocenters. The monoisotopic (exact) mass is 421 g/mol.